The molecule has 0 aromatic rings. The van der Waals surface area contributed by atoms with E-state index in [1.165, 1.54) is 20.8 Å². The topological polar surface area (TPSA) is 3.24 Å². The van der Waals surface area contributed by atoms with Crippen molar-refractivity contribution in [2.45, 2.75) is 38.7 Å². The third-order valence-electron chi connectivity index (χ3n) is 1.69. The van der Waals surface area contributed by atoms with E-state index in [1.807, 2.05) is 0 Å². The fraction of sp³-hybridized carbons (Fsp3) is 1.00. The average Bonchev–Trinajstić information content (AvgIpc) is 1.75. The summed E-state index contributed by atoms with van der Waals surface area (Å²) >= 11 is 0. The van der Waals surface area contributed by atoms with Gasteiger partial charge in [-0.25, -0.2) is 0 Å². The maximum absolute atomic E-state index is 12.0. The largest absolute Gasteiger partial charge is 0.401 e. The predicted molar refractivity (Wildman–Crippen MR) is 43.4 cm³/mol. The minimum Gasteiger partial charge on any atom is -0.282 e. The van der Waals surface area contributed by atoms with Crippen molar-refractivity contribution in [3.05, 3.63) is 0 Å². The lowest BCUT2D eigenvalue weighted by Crippen LogP contribution is -2.50. The number of rotatable bonds is 2. The Kier molecular flexibility index (Phi) is 4.06. The van der Waals surface area contributed by atoms with Crippen LogP contribution in [0.25, 0.3) is 0 Å². The lowest BCUT2D eigenvalue weighted by Gasteiger charge is -2.36. The fourth-order valence-corrected chi connectivity index (χ4v) is 0.963. The monoisotopic (exact) mass is 237 g/mol. The Morgan fingerprint density at radius 2 is 1.00 bits per heavy atom. The highest BCUT2D eigenvalue weighted by Gasteiger charge is 2.41. The molecule has 7 heteroatoms. The number of alkyl halides is 6. The van der Waals surface area contributed by atoms with Gasteiger partial charge in [0.15, 0.2) is 0 Å². The molecule has 0 radical (unpaired) electrons. The van der Waals surface area contributed by atoms with Gasteiger partial charge in [0.2, 0.25) is 0 Å². The number of hydrogen-bond donors (Lipinski definition) is 0. The van der Waals surface area contributed by atoms with Gasteiger partial charge in [-0.1, -0.05) is 0 Å². The lowest BCUT2D eigenvalue weighted by atomic mass is 10.1. The van der Waals surface area contributed by atoms with E-state index in [9.17, 15) is 26.3 Å². The van der Waals surface area contributed by atoms with Crippen LogP contribution in [0.5, 0.6) is 0 Å². The van der Waals surface area contributed by atoms with Gasteiger partial charge in [-0.05, 0) is 20.8 Å². The quantitative estimate of drug-likeness (QED) is 0.666. The first-order valence-electron chi connectivity index (χ1n) is 4.20. The number of halogens is 6. The Hall–Kier alpha value is -0.460. The minimum atomic E-state index is -4.63. The van der Waals surface area contributed by atoms with Gasteiger partial charge in [-0.15, -0.1) is 0 Å². The molecule has 0 N–H and O–H groups in total. The van der Waals surface area contributed by atoms with Crippen LogP contribution in [0.2, 0.25) is 0 Å². The summed E-state index contributed by atoms with van der Waals surface area (Å²) in [4.78, 5) is 0.354. The van der Waals surface area contributed by atoms with Crippen LogP contribution < -0.4 is 0 Å². The smallest absolute Gasteiger partial charge is 0.282 e. The molecular formula is C8H13F6N. The second-order valence-corrected chi connectivity index (χ2v) is 4.26. The van der Waals surface area contributed by atoms with Crippen molar-refractivity contribution < 1.29 is 26.3 Å². The standard InChI is InChI=1S/C8H13F6N/c1-6(2,3)15(4-7(9,10)11)5-8(12,13)14/h4-5H2,1-3H3. The van der Waals surface area contributed by atoms with Gasteiger partial charge in [0.05, 0.1) is 13.1 Å². The van der Waals surface area contributed by atoms with Crippen LogP contribution in [0.4, 0.5) is 26.3 Å². The first-order chi connectivity index (χ1) is 6.31. The first-order valence-corrected chi connectivity index (χ1v) is 4.20. The van der Waals surface area contributed by atoms with E-state index in [-0.39, 0.29) is 0 Å². The first kappa shape index (κ1) is 14.5. The van der Waals surface area contributed by atoms with Gasteiger partial charge >= 0.3 is 12.4 Å². The van der Waals surface area contributed by atoms with Crippen LogP contribution in [0.3, 0.4) is 0 Å². The summed E-state index contributed by atoms with van der Waals surface area (Å²) in [5.41, 5.74) is -1.18. The summed E-state index contributed by atoms with van der Waals surface area (Å²) in [7, 11) is 0. The van der Waals surface area contributed by atoms with Crippen LogP contribution in [-0.2, 0) is 0 Å². The van der Waals surface area contributed by atoms with Crippen molar-refractivity contribution in [1.29, 1.82) is 0 Å². The minimum absolute atomic E-state index is 0.354. The molecule has 0 aliphatic heterocycles. The second kappa shape index (κ2) is 4.19. The zero-order valence-electron chi connectivity index (χ0n) is 8.63. The molecule has 0 saturated heterocycles. The molecule has 92 valence electrons. The molecule has 0 bridgehead atoms. The van der Waals surface area contributed by atoms with Crippen LogP contribution in [0.15, 0.2) is 0 Å². The molecule has 0 saturated carbocycles. The molecule has 0 unspecified atom stereocenters. The summed E-state index contributed by atoms with van der Waals surface area (Å²) < 4.78 is 72.0. The molecule has 0 amide bonds. The summed E-state index contributed by atoms with van der Waals surface area (Å²) in [6.45, 7) is 0.811. The normalized spacial score (nSPS) is 14.8. The van der Waals surface area contributed by atoms with Gasteiger partial charge < -0.3 is 0 Å². The molecule has 0 atom stereocenters. The van der Waals surface area contributed by atoms with E-state index in [2.05, 4.69) is 0 Å². The zero-order valence-corrected chi connectivity index (χ0v) is 8.63. The average molecular weight is 237 g/mol. The Morgan fingerprint density at radius 1 is 0.733 bits per heavy atom. The molecule has 1 nitrogen and oxygen atoms in total. The molecule has 0 aromatic carbocycles. The molecule has 15 heavy (non-hydrogen) atoms. The molecular weight excluding hydrogens is 224 g/mol. The number of hydrogen-bond acceptors (Lipinski definition) is 1. The van der Waals surface area contributed by atoms with E-state index >= 15 is 0 Å². The molecule has 0 aromatic heterocycles. The molecule has 0 spiro atoms. The van der Waals surface area contributed by atoms with Crippen LogP contribution in [0.1, 0.15) is 20.8 Å². The molecule has 0 fully saturated rings. The summed E-state index contributed by atoms with van der Waals surface area (Å²) in [5, 5.41) is 0. The summed E-state index contributed by atoms with van der Waals surface area (Å²) in [6.07, 6.45) is -9.25. The van der Waals surface area contributed by atoms with Crippen molar-refractivity contribution >= 4 is 0 Å². The lowest BCUT2D eigenvalue weighted by molar-refractivity contribution is -0.193. The van der Waals surface area contributed by atoms with E-state index in [1.54, 1.807) is 0 Å². The second-order valence-electron chi connectivity index (χ2n) is 4.26. The van der Waals surface area contributed by atoms with Crippen LogP contribution in [-0.4, -0.2) is 35.9 Å². The van der Waals surface area contributed by atoms with Gasteiger partial charge in [-0.3, -0.25) is 4.90 Å². The third kappa shape index (κ3) is 7.47. The summed E-state index contributed by atoms with van der Waals surface area (Å²) in [6, 6.07) is 0. The van der Waals surface area contributed by atoms with E-state index in [0.29, 0.717) is 4.90 Å². The Labute approximate surface area is 84.0 Å². The van der Waals surface area contributed by atoms with E-state index in [4.69, 9.17) is 0 Å². The zero-order chi connectivity index (χ0) is 12.5. The van der Waals surface area contributed by atoms with Crippen molar-refractivity contribution in [2.75, 3.05) is 13.1 Å². The SMILES string of the molecule is CC(C)(C)N(CC(F)(F)F)CC(F)(F)F. The molecule has 0 aliphatic rings. The van der Waals surface area contributed by atoms with Crippen molar-refractivity contribution in [3.8, 4) is 0 Å². The van der Waals surface area contributed by atoms with Gasteiger partial charge in [-0.2, -0.15) is 26.3 Å². The van der Waals surface area contributed by atoms with E-state index < -0.39 is 31.0 Å². The van der Waals surface area contributed by atoms with Crippen molar-refractivity contribution in [2.24, 2.45) is 0 Å². The van der Waals surface area contributed by atoms with Crippen molar-refractivity contribution in [1.82, 2.24) is 4.90 Å². The molecule has 0 heterocycles. The fourth-order valence-electron chi connectivity index (χ4n) is 0.963. The Balaban J connectivity index is 4.62. The van der Waals surface area contributed by atoms with Gasteiger partial charge in [0.25, 0.3) is 0 Å². The maximum atomic E-state index is 12.0. The summed E-state index contributed by atoms with van der Waals surface area (Å²) in [5.74, 6) is 0. The maximum Gasteiger partial charge on any atom is 0.401 e. The van der Waals surface area contributed by atoms with Gasteiger partial charge in [0, 0.05) is 5.54 Å². The third-order valence-corrected chi connectivity index (χ3v) is 1.69. The predicted octanol–water partition coefficient (Wildman–Crippen LogP) is 3.21. The van der Waals surface area contributed by atoms with Crippen LogP contribution >= 0.6 is 0 Å². The highest BCUT2D eigenvalue weighted by atomic mass is 19.4. The van der Waals surface area contributed by atoms with E-state index in [0.717, 1.165) is 0 Å². The highest BCUT2D eigenvalue weighted by Crippen LogP contribution is 2.26. The Morgan fingerprint density at radius 3 is 1.13 bits per heavy atom. The molecule has 0 aliphatic carbocycles. The van der Waals surface area contributed by atoms with Crippen LogP contribution in [0, 0.1) is 0 Å². The number of nitrogens with zero attached hydrogens (tertiary/aromatic N) is 1. The highest BCUT2D eigenvalue weighted by molar-refractivity contribution is 4.80. The van der Waals surface area contributed by atoms with Gasteiger partial charge in [0.1, 0.15) is 0 Å². The molecule has 0 rings (SSSR count). The van der Waals surface area contributed by atoms with Crippen molar-refractivity contribution in [3.63, 3.8) is 0 Å². The Bertz CT molecular complexity index is 183.